The van der Waals surface area contributed by atoms with Crippen LogP contribution in [-0.4, -0.2) is 24.9 Å². The van der Waals surface area contributed by atoms with Gasteiger partial charge in [-0.3, -0.25) is 0 Å². The van der Waals surface area contributed by atoms with Crippen molar-refractivity contribution in [2.24, 2.45) is 47.1 Å². The van der Waals surface area contributed by atoms with Crippen molar-refractivity contribution in [1.29, 1.82) is 0 Å². The molecule has 6 aromatic heterocycles. The smallest absolute Gasteiger partial charge is 0.231 e. The number of hydrogen-bond acceptors (Lipinski definition) is 5. The summed E-state index contributed by atoms with van der Waals surface area (Å²) in [7, 11) is 10.6. The number of fused-ring (bicyclic) bond motifs is 5. The minimum Gasteiger partial charge on any atom is -0.250 e. The highest BCUT2D eigenvalue weighted by molar-refractivity contribution is 5.80. The molecule has 0 saturated heterocycles. The molecule has 0 radical (unpaired) electrons. The lowest BCUT2D eigenvalue weighted by atomic mass is 10.0. The molecule has 9 aromatic carbocycles. The molecule has 0 amide bonds. The van der Waals surface area contributed by atoms with Gasteiger partial charge in [-0.1, -0.05) is 197 Å². The fraction of sp³-hybridized carbons (Fsp3) is 0.278. The van der Waals surface area contributed by atoms with Gasteiger partial charge < -0.3 is 0 Å². The largest absolute Gasteiger partial charge is 0.250 e. The number of aromatic nitrogens is 10. The van der Waals surface area contributed by atoms with Crippen molar-refractivity contribution < 1.29 is 22.8 Å². The molecule has 15 rings (SSSR count). The highest BCUT2D eigenvalue weighted by Crippen LogP contribution is 2.30. The predicted octanol–water partition coefficient (Wildman–Crippen LogP) is 20.9. The van der Waals surface area contributed by atoms with Gasteiger partial charge in [0.05, 0.1) is 22.3 Å². The second kappa shape index (κ2) is 34.4. The van der Waals surface area contributed by atoms with Gasteiger partial charge in [-0.15, -0.1) is 0 Å². The molecule has 6 heterocycles. The lowest BCUT2D eigenvalue weighted by Crippen LogP contribution is -2.33. The fourth-order valence-electron chi connectivity index (χ4n) is 14.4. The molecule has 0 fully saturated rings. The first-order valence-electron chi connectivity index (χ1n) is 38.1. The van der Waals surface area contributed by atoms with E-state index in [0.29, 0.717) is 29.6 Å². The van der Waals surface area contributed by atoms with Gasteiger partial charge in [0, 0.05) is 48.2 Å². The Morgan fingerprint density at radius 1 is 0.271 bits per heavy atom. The summed E-state index contributed by atoms with van der Waals surface area (Å²) in [5.41, 5.74) is 36.4. The Bertz CT molecular complexity index is 5390. The summed E-state index contributed by atoms with van der Waals surface area (Å²) in [5.74, 6) is 2.79. The molecule has 0 N–H and O–H groups in total. The van der Waals surface area contributed by atoms with E-state index in [2.05, 4.69) is 389 Å². The predicted molar refractivity (Wildman–Crippen MR) is 445 cm³/mol. The second-order valence-electron chi connectivity index (χ2n) is 30.6. The van der Waals surface area contributed by atoms with Crippen molar-refractivity contribution in [3.8, 4) is 56.3 Å². The summed E-state index contributed by atoms with van der Waals surface area (Å²) in [6.07, 6.45) is 12.1. The van der Waals surface area contributed by atoms with Crippen LogP contribution in [0.2, 0.25) is 0 Å². The normalized spacial score (nSPS) is 11.3. The Kier molecular flexibility index (Phi) is 24.8. The summed E-state index contributed by atoms with van der Waals surface area (Å²) >= 11 is 0. The van der Waals surface area contributed by atoms with Crippen molar-refractivity contribution in [3.05, 3.63) is 299 Å². The number of nitrogens with zero attached hydrogens (tertiary/aromatic N) is 10. The summed E-state index contributed by atoms with van der Waals surface area (Å²) in [6, 6.07) is 75.0. The molecule has 0 unspecified atom stereocenters. The molecule has 107 heavy (non-hydrogen) atoms. The molecular weight excluding hydrogens is 1310 g/mol. The van der Waals surface area contributed by atoms with Crippen LogP contribution in [0.25, 0.3) is 111 Å². The third kappa shape index (κ3) is 17.6. The SMILES string of the molecule is Cc1ccccc1-c1ccc2ncc(C(C)C)cc2[n+]1C.Cc1ccccc1-c1cnc2c(C(C)C)cccc2[n+]1C.Cc1ccccc1-c1cnc2c(CC(C)C)cccc2[n+]1C.Cc1ccccc1-c1cnc2ccc(C(C)C)cc2[n+]1C.Cc1ccccc1-c1cnc2ccc(CC(C)C)cc2[n+]1C. The number of aryl methyl sites for hydroxylation is 10. The average molecular weight is 1420 g/mol. The molecule has 0 aliphatic heterocycles. The van der Waals surface area contributed by atoms with Gasteiger partial charge in [0.15, 0.2) is 0 Å². The summed E-state index contributed by atoms with van der Waals surface area (Å²) in [4.78, 5) is 23.4. The van der Waals surface area contributed by atoms with Crippen molar-refractivity contribution >= 4 is 55.2 Å². The Labute approximate surface area is 635 Å². The van der Waals surface area contributed by atoms with Crippen LogP contribution >= 0.6 is 0 Å². The van der Waals surface area contributed by atoms with E-state index in [4.69, 9.17) is 9.97 Å². The topological polar surface area (TPSA) is 83.8 Å². The van der Waals surface area contributed by atoms with E-state index in [0.717, 1.165) is 63.2 Å². The van der Waals surface area contributed by atoms with Crippen LogP contribution in [0.15, 0.2) is 243 Å². The van der Waals surface area contributed by atoms with E-state index in [9.17, 15) is 0 Å². The third-order valence-electron chi connectivity index (χ3n) is 20.7. The lowest BCUT2D eigenvalue weighted by Gasteiger charge is -2.10. The monoisotopic (exact) mass is 1410 g/mol. The van der Waals surface area contributed by atoms with Gasteiger partial charge in [-0.2, -0.15) is 22.8 Å². The number of benzene rings is 9. The van der Waals surface area contributed by atoms with Crippen LogP contribution in [0.5, 0.6) is 0 Å². The Morgan fingerprint density at radius 2 is 0.617 bits per heavy atom. The van der Waals surface area contributed by atoms with Crippen LogP contribution in [0.4, 0.5) is 0 Å². The lowest BCUT2D eigenvalue weighted by molar-refractivity contribution is -0.634. The van der Waals surface area contributed by atoms with E-state index < -0.39 is 0 Å². The Hall–Kier alpha value is -11.1. The maximum Gasteiger partial charge on any atom is 0.231 e. The molecule has 0 aliphatic carbocycles. The van der Waals surface area contributed by atoms with Crippen LogP contribution in [0, 0.1) is 46.5 Å². The molecule has 0 aliphatic rings. The van der Waals surface area contributed by atoms with E-state index >= 15 is 0 Å². The highest BCUT2D eigenvalue weighted by atomic mass is 15.0. The second-order valence-corrected chi connectivity index (χ2v) is 30.6. The maximum absolute atomic E-state index is 4.79. The molecular formula is C97H109N10+5. The van der Waals surface area contributed by atoms with Crippen LogP contribution in [0.1, 0.15) is 143 Å². The van der Waals surface area contributed by atoms with Gasteiger partial charge in [-0.05, 0) is 181 Å². The zero-order chi connectivity index (χ0) is 76.3. The molecule has 10 nitrogen and oxygen atoms in total. The fourth-order valence-corrected chi connectivity index (χ4v) is 14.4. The zero-order valence-electron chi connectivity index (χ0n) is 66.9. The van der Waals surface area contributed by atoms with Crippen molar-refractivity contribution in [1.82, 2.24) is 24.9 Å². The highest BCUT2D eigenvalue weighted by Gasteiger charge is 2.24. The van der Waals surface area contributed by atoms with E-state index in [1.54, 1.807) is 0 Å². The van der Waals surface area contributed by atoms with Crippen LogP contribution in [-0.2, 0) is 48.1 Å². The molecule has 0 bridgehead atoms. The van der Waals surface area contributed by atoms with E-state index in [1.165, 1.54) is 117 Å². The van der Waals surface area contributed by atoms with Gasteiger partial charge in [-0.25, -0.2) is 24.9 Å². The average Bonchev–Trinajstić information content (AvgIpc) is 0.806. The van der Waals surface area contributed by atoms with Gasteiger partial charge in [0.25, 0.3) is 0 Å². The van der Waals surface area contributed by atoms with Crippen LogP contribution < -0.4 is 22.8 Å². The summed E-state index contributed by atoms with van der Waals surface area (Å²) in [6.45, 7) is 33.0. The quantitative estimate of drug-likeness (QED) is 0.114. The number of hydrogen-bond donors (Lipinski definition) is 0. The maximum atomic E-state index is 4.79. The number of para-hydroxylation sites is 2. The van der Waals surface area contributed by atoms with Gasteiger partial charge in [0.1, 0.15) is 87.6 Å². The first-order valence-corrected chi connectivity index (χ1v) is 38.1. The molecule has 10 heteroatoms. The molecule has 542 valence electrons. The first-order chi connectivity index (χ1) is 51.4. The molecule has 0 saturated carbocycles. The van der Waals surface area contributed by atoms with Crippen molar-refractivity contribution in [2.45, 2.75) is 134 Å². The minimum absolute atomic E-state index is 0.477. The Balaban J connectivity index is 0.000000133. The third-order valence-corrected chi connectivity index (χ3v) is 20.7. The van der Waals surface area contributed by atoms with E-state index in [1.807, 2.05) is 31.0 Å². The number of pyridine rings is 2. The van der Waals surface area contributed by atoms with Gasteiger partial charge >= 0.3 is 0 Å². The summed E-state index contributed by atoms with van der Waals surface area (Å²) in [5, 5.41) is 0. The molecule has 0 atom stereocenters. The molecule has 0 spiro atoms. The van der Waals surface area contributed by atoms with Crippen molar-refractivity contribution in [2.75, 3.05) is 0 Å². The first kappa shape index (κ1) is 77.0. The molecule has 15 aromatic rings. The Morgan fingerprint density at radius 3 is 1.05 bits per heavy atom. The standard InChI is InChI=1S/2C20H23N2.3C19H21N2/c1-14(2)12-16-9-7-11-18-20(16)21-13-19(22(18)4)17-10-6-5-8-15(17)3;1-14(2)11-16-9-10-18-19(12-16)22(4)20(13-21-18)17-8-6-5-7-15(17)3;1-13(2)15-10-7-11-17-19(15)20-12-18(21(17)4)16-9-6-5-8-14(16)3;1-13(2)15-11-19-17(20-12-15)9-10-18(21(19)4)16-8-6-5-7-14(16)3;1-13(2)15-9-10-17-18(11-15)21(4)19(12-20-17)16-8-6-5-7-14(16)3/h5-11,13-14H,12H2,1-4H3;5-10,12-14H,11H2,1-4H3;3*5-13H,1-4H3/q5*+1. The summed E-state index contributed by atoms with van der Waals surface area (Å²) < 4.78 is 11.3. The number of rotatable bonds is 12. The minimum atomic E-state index is 0.477. The zero-order valence-corrected chi connectivity index (χ0v) is 66.9. The van der Waals surface area contributed by atoms with E-state index in [-0.39, 0.29) is 0 Å². The van der Waals surface area contributed by atoms with Gasteiger partial charge in [0.2, 0.25) is 56.1 Å². The van der Waals surface area contributed by atoms with Crippen molar-refractivity contribution in [3.63, 3.8) is 0 Å². The van der Waals surface area contributed by atoms with Crippen LogP contribution in [0.3, 0.4) is 0 Å².